The number of rotatable bonds is 1. The van der Waals surface area contributed by atoms with Crippen LogP contribution < -0.4 is 0 Å². The van der Waals surface area contributed by atoms with Crippen molar-refractivity contribution in [1.29, 1.82) is 0 Å². The van der Waals surface area contributed by atoms with Crippen LogP contribution in [0, 0.1) is 17.7 Å². The number of nitrogens with zero attached hydrogens (tertiary/aromatic N) is 2. The molecule has 1 amide bonds. The molecule has 0 N–H and O–H groups in total. The Labute approximate surface area is 105 Å². The normalized spacial score (nSPS) is 24.1. The van der Waals surface area contributed by atoms with Crippen LogP contribution in [0.15, 0.2) is 12.3 Å². The van der Waals surface area contributed by atoms with Crippen molar-refractivity contribution >= 4 is 5.91 Å². The van der Waals surface area contributed by atoms with Crippen molar-refractivity contribution in [2.45, 2.75) is 32.7 Å². The third kappa shape index (κ3) is 2.35. The quantitative estimate of drug-likeness (QED) is 0.722. The molecule has 3 nitrogen and oxygen atoms in total. The lowest BCUT2D eigenvalue weighted by atomic mass is 9.93. The molecule has 18 heavy (non-hydrogen) atoms. The van der Waals surface area contributed by atoms with E-state index in [0.29, 0.717) is 12.5 Å². The molecule has 98 valence electrons. The maximum absolute atomic E-state index is 13.5. The zero-order valence-electron chi connectivity index (χ0n) is 10.5. The third-order valence-electron chi connectivity index (χ3n) is 3.48. The van der Waals surface area contributed by atoms with E-state index in [-0.39, 0.29) is 11.6 Å². The molecule has 1 aliphatic rings. The molecule has 2 rings (SSSR count). The lowest BCUT2D eigenvalue weighted by molar-refractivity contribution is 0.0582. The molecule has 2 unspecified atom stereocenters. The van der Waals surface area contributed by atoms with Crippen molar-refractivity contribution in [1.82, 2.24) is 9.88 Å². The number of likely N-dealkylation sites (tertiary alicyclic amines) is 1. The molecule has 1 aromatic heterocycles. The van der Waals surface area contributed by atoms with E-state index in [1.165, 1.54) is 6.07 Å². The Balaban J connectivity index is 2.23. The molecule has 1 aromatic rings. The predicted molar refractivity (Wildman–Crippen MR) is 63.0 cm³/mol. The van der Waals surface area contributed by atoms with Crippen LogP contribution in [0.25, 0.3) is 0 Å². The number of pyridine rings is 1. The standard InChI is InChI=1S/C13H16F2N2O/c1-8-4-6-17(9(2)7-8)13(18)10-3-5-16-12(15)11(10)14/h3,5,8-9H,4,6-7H2,1-2H3. The van der Waals surface area contributed by atoms with E-state index in [1.54, 1.807) is 4.90 Å². The lowest BCUT2D eigenvalue weighted by Gasteiger charge is -2.36. The van der Waals surface area contributed by atoms with Crippen LogP contribution in [0.1, 0.15) is 37.0 Å². The van der Waals surface area contributed by atoms with Crippen molar-refractivity contribution in [2.75, 3.05) is 6.54 Å². The van der Waals surface area contributed by atoms with Crippen LogP contribution in [-0.2, 0) is 0 Å². The van der Waals surface area contributed by atoms with E-state index < -0.39 is 17.7 Å². The van der Waals surface area contributed by atoms with Crippen LogP contribution in [0.3, 0.4) is 0 Å². The molecule has 2 atom stereocenters. The van der Waals surface area contributed by atoms with E-state index in [0.717, 1.165) is 19.0 Å². The highest BCUT2D eigenvalue weighted by atomic mass is 19.2. The third-order valence-corrected chi connectivity index (χ3v) is 3.48. The van der Waals surface area contributed by atoms with Crippen LogP contribution in [-0.4, -0.2) is 28.4 Å². The Hall–Kier alpha value is -1.52. The van der Waals surface area contributed by atoms with Crippen molar-refractivity contribution in [3.63, 3.8) is 0 Å². The first-order valence-electron chi connectivity index (χ1n) is 6.11. The van der Waals surface area contributed by atoms with Crippen molar-refractivity contribution in [3.8, 4) is 0 Å². The van der Waals surface area contributed by atoms with Gasteiger partial charge in [0.05, 0.1) is 5.56 Å². The molecule has 0 radical (unpaired) electrons. The van der Waals surface area contributed by atoms with Gasteiger partial charge in [0.25, 0.3) is 5.91 Å². The zero-order chi connectivity index (χ0) is 13.3. The SMILES string of the molecule is CC1CCN(C(=O)c2ccnc(F)c2F)C(C)C1. The fourth-order valence-corrected chi connectivity index (χ4v) is 2.45. The van der Waals surface area contributed by atoms with E-state index >= 15 is 0 Å². The van der Waals surface area contributed by atoms with Gasteiger partial charge in [-0.3, -0.25) is 4.79 Å². The highest BCUT2D eigenvalue weighted by Crippen LogP contribution is 2.24. The van der Waals surface area contributed by atoms with Gasteiger partial charge in [-0.1, -0.05) is 6.92 Å². The molecule has 1 fully saturated rings. The summed E-state index contributed by atoms with van der Waals surface area (Å²) in [5.74, 6) is -2.27. The predicted octanol–water partition coefficient (Wildman–Crippen LogP) is 2.62. The average Bonchev–Trinajstić information content (AvgIpc) is 2.32. The van der Waals surface area contributed by atoms with Gasteiger partial charge >= 0.3 is 0 Å². The number of carbonyl (C=O) groups excluding carboxylic acids is 1. The fourth-order valence-electron chi connectivity index (χ4n) is 2.45. The molecular formula is C13H16F2N2O. The molecule has 2 heterocycles. The van der Waals surface area contributed by atoms with Gasteiger partial charge < -0.3 is 4.90 Å². The van der Waals surface area contributed by atoms with Crippen LogP contribution in [0.4, 0.5) is 8.78 Å². The summed E-state index contributed by atoms with van der Waals surface area (Å²) in [4.78, 5) is 17.0. The highest BCUT2D eigenvalue weighted by Gasteiger charge is 2.29. The maximum atomic E-state index is 13.5. The summed E-state index contributed by atoms with van der Waals surface area (Å²) in [6.45, 7) is 4.65. The molecule has 0 bridgehead atoms. The minimum atomic E-state index is -1.22. The summed E-state index contributed by atoms with van der Waals surface area (Å²) in [6.07, 6.45) is 2.90. The Morgan fingerprint density at radius 3 is 2.83 bits per heavy atom. The lowest BCUT2D eigenvalue weighted by Crippen LogP contribution is -2.44. The first kappa shape index (κ1) is 12.9. The van der Waals surface area contributed by atoms with Crippen molar-refractivity contribution in [2.24, 2.45) is 5.92 Å². The fraction of sp³-hybridized carbons (Fsp3) is 0.538. The van der Waals surface area contributed by atoms with Gasteiger partial charge in [-0.05, 0) is 31.7 Å². The highest BCUT2D eigenvalue weighted by molar-refractivity contribution is 5.94. The molecule has 0 spiro atoms. The van der Waals surface area contributed by atoms with Gasteiger partial charge in [0.15, 0.2) is 5.82 Å². The minimum Gasteiger partial charge on any atom is -0.336 e. The van der Waals surface area contributed by atoms with E-state index in [1.807, 2.05) is 6.92 Å². The van der Waals surface area contributed by atoms with E-state index in [9.17, 15) is 13.6 Å². The summed E-state index contributed by atoms with van der Waals surface area (Å²) in [5.41, 5.74) is -0.232. The molecule has 5 heteroatoms. The summed E-state index contributed by atoms with van der Waals surface area (Å²) >= 11 is 0. The molecule has 1 saturated heterocycles. The monoisotopic (exact) mass is 254 g/mol. The number of piperidine rings is 1. The zero-order valence-corrected chi connectivity index (χ0v) is 10.5. The Morgan fingerprint density at radius 1 is 1.44 bits per heavy atom. The number of aromatic nitrogens is 1. The van der Waals surface area contributed by atoms with Crippen LogP contribution in [0.5, 0.6) is 0 Å². The smallest absolute Gasteiger partial charge is 0.257 e. The second-order valence-corrected chi connectivity index (χ2v) is 4.94. The largest absolute Gasteiger partial charge is 0.336 e. The molecule has 0 aliphatic carbocycles. The maximum Gasteiger partial charge on any atom is 0.257 e. The van der Waals surface area contributed by atoms with Crippen LogP contribution >= 0.6 is 0 Å². The minimum absolute atomic E-state index is 0.0527. The van der Waals surface area contributed by atoms with Gasteiger partial charge in [0.2, 0.25) is 5.95 Å². The Bertz CT molecular complexity index is 464. The van der Waals surface area contributed by atoms with E-state index in [2.05, 4.69) is 11.9 Å². The average molecular weight is 254 g/mol. The summed E-state index contributed by atoms with van der Waals surface area (Å²) in [7, 11) is 0. The Kier molecular flexibility index (Phi) is 3.59. The second-order valence-electron chi connectivity index (χ2n) is 4.94. The molecule has 1 aliphatic heterocycles. The van der Waals surface area contributed by atoms with E-state index in [4.69, 9.17) is 0 Å². The van der Waals surface area contributed by atoms with Gasteiger partial charge in [0, 0.05) is 18.8 Å². The summed E-state index contributed by atoms with van der Waals surface area (Å²) < 4.78 is 26.5. The second kappa shape index (κ2) is 5.00. The molecule has 0 aromatic carbocycles. The molecule has 0 saturated carbocycles. The Morgan fingerprint density at radius 2 is 2.17 bits per heavy atom. The van der Waals surface area contributed by atoms with Crippen molar-refractivity contribution < 1.29 is 13.6 Å². The number of halogens is 2. The van der Waals surface area contributed by atoms with Gasteiger partial charge in [-0.2, -0.15) is 4.39 Å². The van der Waals surface area contributed by atoms with Gasteiger partial charge in [-0.25, -0.2) is 9.37 Å². The number of hydrogen-bond acceptors (Lipinski definition) is 2. The molecular weight excluding hydrogens is 238 g/mol. The van der Waals surface area contributed by atoms with Crippen molar-refractivity contribution in [3.05, 3.63) is 29.6 Å². The first-order valence-corrected chi connectivity index (χ1v) is 6.11. The van der Waals surface area contributed by atoms with Gasteiger partial charge in [0.1, 0.15) is 0 Å². The summed E-state index contributed by atoms with van der Waals surface area (Å²) in [6, 6.07) is 1.28. The number of amides is 1. The topological polar surface area (TPSA) is 33.2 Å². The first-order chi connectivity index (χ1) is 8.50. The summed E-state index contributed by atoms with van der Waals surface area (Å²) in [5, 5.41) is 0. The van der Waals surface area contributed by atoms with Crippen LogP contribution in [0.2, 0.25) is 0 Å². The van der Waals surface area contributed by atoms with Gasteiger partial charge in [-0.15, -0.1) is 0 Å². The number of carbonyl (C=O) groups is 1. The number of hydrogen-bond donors (Lipinski definition) is 0.